The lowest BCUT2D eigenvalue weighted by atomic mass is 10.1. The van der Waals surface area contributed by atoms with E-state index in [0.717, 1.165) is 6.42 Å². The van der Waals surface area contributed by atoms with Crippen LogP contribution in [0.2, 0.25) is 0 Å². The molecule has 2 aliphatic rings. The van der Waals surface area contributed by atoms with E-state index in [2.05, 4.69) is 0 Å². The van der Waals surface area contributed by atoms with Crippen LogP contribution in [0.25, 0.3) is 0 Å². The molecular weight excluding hydrogens is 390 g/mol. The van der Waals surface area contributed by atoms with Gasteiger partial charge >= 0.3 is 0 Å². The Morgan fingerprint density at radius 3 is 2.26 bits per heavy atom. The lowest BCUT2D eigenvalue weighted by molar-refractivity contribution is -0.0440. The van der Waals surface area contributed by atoms with E-state index in [1.54, 1.807) is 17.0 Å². The number of rotatable bonds is 4. The van der Waals surface area contributed by atoms with Crippen molar-refractivity contribution in [2.24, 2.45) is 11.7 Å². The number of halogens is 1. The van der Waals surface area contributed by atoms with E-state index in [4.69, 9.17) is 10.5 Å². The van der Waals surface area contributed by atoms with Crippen molar-refractivity contribution in [1.29, 1.82) is 0 Å². The summed E-state index contributed by atoms with van der Waals surface area (Å²) in [6, 6.07) is 6.23. The number of ether oxygens (including phenoxy) is 1. The van der Waals surface area contributed by atoms with Gasteiger partial charge in [0.15, 0.2) is 0 Å². The van der Waals surface area contributed by atoms with Gasteiger partial charge in [-0.1, -0.05) is 0 Å². The molecule has 0 aromatic heterocycles. The summed E-state index contributed by atoms with van der Waals surface area (Å²) < 4.78 is 32.8. The maximum absolute atomic E-state index is 12.9. The van der Waals surface area contributed by atoms with Crippen molar-refractivity contribution >= 4 is 28.3 Å². The Hall–Kier alpha value is -1.19. The highest BCUT2D eigenvalue weighted by Gasteiger charge is 2.32. The molecule has 3 rings (SSSR count). The summed E-state index contributed by atoms with van der Waals surface area (Å²) in [5.74, 6) is 0.280. The molecule has 0 bridgehead atoms. The minimum atomic E-state index is -3.59. The fourth-order valence-electron chi connectivity index (χ4n) is 3.64. The van der Waals surface area contributed by atoms with Gasteiger partial charge in [-0.2, -0.15) is 4.31 Å². The topological polar surface area (TPSA) is 92.9 Å². The predicted molar refractivity (Wildman–Crippen MR) is 106 cm³/mol. The number of amides is 1. The number of morpholine rings is 1. The zero-order valence-corrected chi connectivity index (χ0v) is 17.3. The van der Waals surface area contributed by atoms with Crippen LogP contribution in [0, 0.1) is 5.92 Å². The zero-order valence-electron chi connectivity index (χ0n) is 15.7. The Kier molecular flexibility index (Phi) is 7.27. The van der Waals surface area contributed by atoms with Crippen molar-refractivity contribution in [1.82, 2.24) is 9.21 Å². The molecule has 2 N–H and O–H groups in total. The standard InChI is InChI=1S/C18H27N3O4S.ClH/c1-13-10-21(11-14(2)25-13)26(23,24)17-5-3-16(4-6-17)18(22)20-8-7-15(9-19)12-20;/h3-6,13-15H,7-12,19H2,1-2H3;1H. The van der Waals surface area contributed by atoms with Crippen molar-refractivity contribution < 1.29 is 17.9 Å². The Labute approximate surface area is 167 Å². The van der Waals surface area contributed by atoms with Crippen molar-refractivity contribution in [3.63, 3.8) is 0 Å². The van der Waals surface area contributed by atoms with Crippen LogP contribution in [-0.4, -0.2) is 68.5 Å². The van der Waals surface area contributed by atoms with Crippen LogP contribution in [0.3, 0.4) is 0 Å². The molecular formula is C18H28ClN3O4S. The molecule has 0 aliphatic carbocycles. The fourth-order valence-corrected chi connectivity index (χ4v) is 5.23. The first-order valence-corrected chi connectivity index (χ1v) is 10.5. The van der Waals surface area contributed by atoms with Crippen LogP contribution in [0.5, 0.6) is 0 Å². The van der Waals surface area contributed by atoms with Gasteiger partial charge in [-0.25, -0.2) is 8.42 Å². The third kappa shape index (κ3) is 4.81. The number of hydrogen-bond donors (Lipinski definition) is 1. The number of likely N-dealkylation sites (tertiary alicyclic amines) is 1. The minimum Gasteiger partial charge on any atom is -0.373 e. The first-order valence-electron chi connectivity index (χ1n) is 9.06. The number of carbonyl (C=O) groups excluding carboxylic acids is 1. The van der Waals surface area contributed by atoms with E-state index in [-0.39, 0.29) is 35.4 Å². The molecule has 0 spiro atoms. The smallest absolute Gasteiger partial charge is 0.253 e. The maximum Gasteiger partial charge on any atom is 0.253 e. The van der Waals surface area contributed by atoms with Gasteiger partial charge in [-0.15, -0.1) is 12.4 Å². The number of nitrogens with zero attached hydrogens (tertiary/aromatic N) is 2. The number of sulfonamides is 1. The van der Waals surface area contributed by atoms with Crippen LogP contribution in [0.4, 0.5) is 0 Å². The van der Waals surface area contributed by atoms with E-state index >= 15 is 0 Å². The van der Waals surface area contributed by atoms with Gasteiger partial charge in [-0.05, 0) is 57.0 Å². The number of benzene rings is 1. The predicted octanol–water partition coefficient (Wildman–Crippen LogP) is 1.33. The summed E-state index contributed by atoms with van der Waals surface area (Å²) in [5, 5.41) is 0. The van der Waals surface area contributed by atoms with Crippen LogP contribution in [0.1, 0.15) is 30.6 Å². The molecule has 152 valence electrons. The second-order valence-electron chi connectivity index (χ2n) is 7.25. The summed E-state index contributed by atoms with van der Waals surface area (Å²) in [5.41, 5.74) is 6.18. The Morgan fingerprint density at radius 2 is 1.74 bits per heavy atom. The van der Waals surface area contributed by atoms with Gasteiger partial charge in [0.1, 0.15) is 0 Å². The van der Waals surface area contributed by atoms with Crippen molar-refractivity contribution in [3.05, 3.63) is 29.8 Å². The van der Waals surface area contributed by atoms with E-state index in [9.17, 15) is 13.2 Å². The van der Waals surface area contributed by atoms with E-state index in [0.29, 0.717) is 44.2 Å². The summed E-state index contributed by atoms with van der Waals surface area (Å²) >= 11 is 0. The first-order chi connectivity index (χ1) is 12.3. The first kappa shape index (κ1) is 22.1. The molecule has 7 nitrogen and oxygen atoms in total. The third-order valence-corrected chi connectivity index (χ3v) is 6.88. The lowest BCUT2D eigenvalue weighted by Gasteiger charge is -2.34. The van der Waals surface area contributed by atoms with Crippen LogP contribution in [0.15, 0.2) is 29.2 Å². The van der Waals surface area contributed by atoms with Gasteiger partial charge in [0, 0.05) is 31.7 Å². The van der Waals surface area contributed by atoms with Gasteiger partial charge in [-0.3, -0.25) is 4.79 Å². The largest absolute Gasteiger partial charge is 0.373 e. The van der Waals surface area contributed by atoms with E-state index in [1.165, 1.54) is 16.4 Å². The monoisotopic (exact) mass is 417 g/mol. The van der Waals surface area contributed by atoms with E-state index in [1.807, 2.05) is 13.8 Å². The summed E-state index contributed by atoms with van der Waals surface area (Å²) in [4.78, 5) is 14.6. The van der Waals surface area contributed by atoms with Crippen molar-refractivity contribution in [3.8, 4) is 0 Å². The highest BCUT2D eigenvalue weighted by molar-refractivity contribution is 7.89. The molecule has 0 radical (unpaired) electrons. The average molecular weight is 418 g/mol. The van der Waals surface area contributed by atoms with Gasteiger partial charge in [0.2, 0.25) is 10.0 Å². The molecule has 1 aromatic rings. The zero-order chi connectivity index (χ0) is 18.9. The van der Waals surface area contributed by atoms with Gasteiger partial charge < -0.3 is 15.4 Å². The molecule has 1 amide bonds. The third-order valence-electron chi connectivity index (χ3n) is 5.03. The Morgan fingerprint density at radius 1 is 1.15 bits per heavy atom. The second-order valence-corrected chi connectivity index (χ2v) is 9.18. The molecule has 0 saturated carbocycles. The second kappa shape index (κ2) is 8.87. The molecule has 2 heterocycles. The number of hydrogen-bond acceptors (Lipinski definition) is 5. The van der Waals surface area contributed by atoms with Crippen molar-refractivity contribution in [2.75, 3.05) is 32.7 Å². The van der Waals surface area contributed by atoms with Crippen molar-refractivity contribution in [2.45, 2.75) is 37.4 Å². The molecule has 1 aromatic carbocycles. The lowest BCUT2D eigenvalue weighted by Crippen LogP contribution is -2.48. The van der Waals surface area contributed by atoms with Crippen LogP contribution >= 0.6 is 12.4 Å². The molecule has 3 atom stereocenters. The molecule has 9 heteroatoms. The molecule has 27 heavy (non-hydrogen) atoms. The SMILES string of the molecule is CC1CN(S(=O)(=O)c2ccc(C(=O)N3CCC(CN)C3)cc2)CC(C)O1.Cl. The van der Waals surface area contributed by atoms with Crippen LogP contribution < -0.4 is 5.73 Å². The summed E-state index contributed by atoms with van der Waals surface area (Å²) in [7, 11) is -3.59. The van der Waals surface area contributed by atoms with Gasteiger partial charge in [0.25, 0.3) is 5.91 Å². The number of nitrogens with two attached hydrogens (primary N) is 1. The summed E-state index contributed by atoms with van der Waals surface area (Å²) in [6.45, 7) is 6.35. The molecule has 2 fully saturated rings. The van der Waals surface area contributed by atoms with Crippen LogP contribution in [-0.2, 0) is 14.8 Å². The maximum atomic E-state index is 12.9. The highest BCUT2D eigenvalue weighted by Crippen LogP contribution is 2.23. The average Bonchev–Trinajstić information content (AvgIpc) is 3.09. The highest BCUT2D eigenvalue weighted by atomic mass is 35.5. The fraction of sp³-hybridized carbons (Fsp3) is 0.611. The number of carbonyl (C=O) groups is 1. The Balaban J connectivity index is 0.00000261. The minimum absolute atomic E-state index is 0. The molecule has 2 saturated heterocycles. The van der Waals surface area contributed by atoms with E-state index < -0.39 is 10.0 Å². The van der Waals surface area contributed by atoms with Gasteiger partial charge in [0.05, 0.1) is 17.1 Å². The molecule has 2 aliphatic heterocycles. The molecule has 3 unspecified atom stereocenters. The quantitative estimate of drug-likeness (QED) is 0.797. The Bertz CT molecular complexity index is 746. The normalized spacial score (nSPS) is 26.6. The summed E-state index contributed by atoms with van der Waals surface area (Å²) in [6.07, 6.45) is 0.641.